The molecule has 150 valence electrons. The molecule has 0 aliphatic carbocycles. The topological polar surface area (TPSA) is 34.9 Å². The van der Waals surface area contributed by atoms with Crippen molar-refractivity contribution < 1.29 is 4.39 Å². The molecule has 0 atom stereocenters. The maximum atomic E-state index is 14.1. The first-order valence-electron chi connectivity index (χ1n) is 9.31. The first-order valence-corrected chi connectivity index (χ1v) is 10.9. The highest BCUT2D eigenvalue weighted by atomic mass is 35.5. The lowest BCUT2D eigenvalue weighted by molar-refractivity contribution is 0.574. The molecule has 0 fully saturated rings. The molecule has 0 radical (unpaired) electrons. The molecular weight excluding hydrogens is 419 g/mol. The summed E-state index contributed by atoms with van der Waals surface area (Å²) in [5, 5.41) is 5.25. The van der Waals surface area contributed by atoms with Gasteiger partial charge in [-0.1, -0.05) is 54.1 Å². The van der Waals surface area contributed by atoms with Crippen LogP contribution in [0, 0.1) is 5.82 Å². The Hall–Kier alpha value is -2.89. The molecule has 3 aromatic carbocycles. The molecule has 4 rings (SSSR count). The minimum absolute atomic E-state index is 0.0578. The van der Waals surface area contributed by atoms with E-state index in [1.807, 2.05) is 42.7 Å². The van der Waals surface area contributed by atoms with E-state index in [2.05, 4.69) is 5.10 Å². The third-order valence-electron chi connectivity index (χ3n) is 4.79. The van der Waals surface area contributed by atoms with E-state index in [1.54, 1.807) is 48.2 Å². The van der Waals surface area contributed by atoms with Gasteiger partial charge in [0, 0.05) is 32.7 Å². The molecular formula is C24H18ClFN2OS. The van der Waals surface area contributed by atoms with Crippen molar-refractivity contribution in [3.63, 3.8) is 0 Å². The fraction of sp³-hybridized carbons (Fsp3) is 0.0833. The maximum Gasteiger partial charge on any atom is 0.267 e. The molecule has 0 aliphatic rings. The zero-order valence-electron chi connectivity index (χ0n) is 16.2. The minimum atomic E-state index is -0.362. The lowest BCUT2D eigenvalue weighted by atomic mass is 10.00. The number of rotatable bonds is 5. The van der Waals surface area contributed by atoms with Crippen LogP contribution in [-0.4, -0.2) is 16.0 Å². The molecule has 6 heteroatoms. The second-order valence-electron chi connectivity index (χ2n) is 6.73. The van der Waals surface area contributed by atoms with Crippen molar-refractivity contribution in [2.75, 3.05) is 6.26 Å². The van der Waals surface area contributed by atoms with Crippen LogP contribution in [0.4, 0.5) is 4.39 Å². The zero-order chi connectivity index (χ0) is 21.1. The van der Waals surface area contributed by atoms with Gasteiger partial charge in [0.15, 0.2) is 0 Å². The van der Waals surface area contributed by atoms with E-state index in [1.165, 1.54) is 10.7 Å². The average Bonchev–Trinajstić information content (AvgIpc) is 2.77. The summed E-state index contributed by atoms with van der Waals surface area (Å²) in [4.78, 5) is 14.0. The van der Waals surface area contributed by atoms with Gasteiger partial charge in [-0.25, -0.2) is 9.07 Å². The van der Waals surface area contributed by atoms with Gasteiger partial charge < -0.3 is 0 Å². The van der Waals surface area contributed by atoms with Crippen molar-refractivity contribution in [1.29, 1.82) is 0 Å². The fourth-order valence-corrected chi connectivity index (χ4v) is 3.74. The molecule has 0 saturated heterocycles. The number of hydrogen-bond acceptors (Lipinski definition) is 3. The Labute approximate surface area is 183 Å². The van der Waals surface area contributed by atoms with Crippen LogP contribution < -0.4 is 5.56 Å². The Bertz CT molecular complexity index is 1240. The molecule has 0 spiro atoms. The predicted octanol–water partition coefficient (Wildman–Crippen LogP) is 6.14. The number of hydrogen-bond donors (Lipinski definition) is 0. The second kappa shape index (κ2) is 8.86. The van der Waals surface area contributed by atoms with Gasteiger partial charge in [0.2, 0.25) is 0 Å². The number of halogens is 2. The molecule has 1 aromatic heterocycles. The Morgan fingerprint density at radius 2 is 1.63 bits per heavy atom. The highest BCUT2D eigenvalue weighted by molar-refractivity contribution is 7.98. The Morgan fingerprint density at radius 1 is 0.967 bits per heavy atom. The summed E-state index contributed by atoms with van der Waals surface area (Å²) >= 11 is 7.68. The molecule has 0 amide bonds. The average molecular weight is 437 g/mol. The van der Waals surface area contributed by atoms with Gasteiger partial charge in [0.25, 0.3) is 5.56 Å². The third kappa shape index (κ3) is 4.32. The summed E-state index contributed by atoms with van der Waals surface area (Å²) in [7, 11) is 0. The van der Waals surface area contributed by atoms with Crippen molar-refractivity contribution in [2.45, 2.75) is 11.4 Å². The van der Waals surface area contributed by atoms with Gasteiger partial charge in [-0.3, -0.25) is 4.79 Å². The van der Waals surface area contributed by atoms with Crippen molar-refractivity contribution in [1.82, 2.24) is 9.78 Å². The Morgan fingerprint density at radius 3 is 2.30 bits per heavy atom. The Balaban J connectivity index is 1.87. The number of nitrogens with zero attached hydrogens (tertiary/aromatic N) is 2. The first-order chi connectivity index (χ1) is 14.5. The van der Waals surface area contributed by atoms with Gasteiger partial charge in [-0.15, -0.1) is 11.8 Å². The molecule has 0 unspecified atom stereocenters. The summed E-state index contributed by atoms with van der Waals surface area (Å²) in [6.45, 7) is 0.0578. The maximum absolute atomic E-state index is 14.1. The van der Waals surface area contributed by atoms with Crippen molar-refractivity contribution in [3.05, 3.63) is 106 Å². The summed E-state index contributed by atoms with van der Waals surface area (Å²) < 4.78 is 15.4. The lowest BCUT2D eigenvalue weighted by Gasteiger charge is -2.13. The molecule has 30 heavy (non-hydrogen) atoms. The van der Waals surface area contributed by atoms with Gasteiger partial charge in [-0.05, 0) is 42.2 Å². The summed E-state index contributed by atoms with van der Waals surface area (Å²) in [6, 6.07) is 23.2. The quantitative estimate of drug-likeness (QED) is 0.352. The van der Waals surface area contributed by atoms with Crippen molar-refractivity contribution >= 4 is 23.4 Å². The van der Waals surface area contributed by atoms with Crippen LogP contribution in [0.25, 0.3) is 22.4 Å². The molecule has 0 N–H and O–H groups in total. The van der Waals surface area contributed by atoms with E-state index < -0.39 is 0 Å². The highest BCUT2D eigenvalue weighted by Gasteiger charge is 2.14. The highest BCUT2D eigenvalue weighted by Crippen LogP contribution is 2.31. The van der Waals surface area contributed by atoms with Crippen LogP contribution in [0.15, 0.2) is 88.6 Å². The van der Waals surface area contributed by atoms with Gasteiger partial charge in [-0.2, -0.15) is 5.10 Å². The first kappa shape index (κ1) is 20.4. The Kier molecular flexibility index (Phi) is 6.02. The van der Waals surface area contributed by atoms with Gasteiger partial charge in [0.1, 0.15) is 5.82 Å². The molecule has 1 heterocycles. The number of thioether (sulfide) groups is 1. The van der Waals surface area contributed by atoms with Crippen molar-refractivity contribution in [2.24, 2.45) is 0 Å². The van der Waals surface area contributed by atoms with Crippen LogP contribution in [0.5, 0.6) is 0 Å². The standard InChI is InChI=1S/C24H18ClFN2OS/c1-30-20-12-8-17(9-13-20)24-21(16-6-10-19(25)11-7-16)14-23(29)28(27-24)15-18-4-2-3-5-22(18)26/h2-14H,15H2,1H3. The fourth-order valence-electron chi connectivity index (χ4n) is 3.20. The molecule has 3 nitrogen and oxygen atoms in total. The van der Waals surface area contributed by atoms with E-state index in [-0.39, 0.29) is 17.9 Å². The van der Waals surface area contributed by atoms with Crippen LogP contribution in [-0.2, 0) is 6.54 Å². The minimum Gasteiger partial charge on any atom is -0.268 e. The monoisotopic (exact) mass is 436 g/mol. The second-order valence-corrected chi connectivity index (χ2v) is 8.05. The van der Waals surface area contributed by atoms with Crippen molar-refractivity contribution in [3.8, 4) is 22.4 Å². The van der Waals surface area contributed by atoms with Crippen LogP contribution in [0.1, 0.15) is 5.56 Å². The third-order valence-corrected chi connectivity index (χ3v) is 5.79. The van der Waals surface area contributed by atoms with E-state index in [0.717, 1.165) is 16.0 Å². The van der Waals surface area contributed by atoms with Crippen LogP contribution in [0.2, 0.25) is 5.02 Å². The molecule has 0 aliphatic heterocycles. The van der Waals surface area contributed by atoms with E-state index >= 15 is 0 Å². The SMILES string of the molecule is CSc1ccc(-c2nn(Cc3ccccc3F)c(=O)cc2-c2ccc(Cl)cc2)cc1. The molecule has 0 saturated carbocycles. The summed E-state index contributed by atoms with van der Waals surface area (Å²) in [5.74, 6) is -0.362. The van der Waals surface area contributed by atoms with Crippen LogP contribution >= 0.6 is 23.4 Å². The van der Waals surface area contributed by atoms with Crippen LogP contribution in [0.3, 0.4) is 0 Å². The largest absolute Gasteiger partial charge is 0.268 e. The van der Waals surface area contributed by atoms with Gasteiger partial charge >= 0.3 is 0 Å². The van der Waals surface area contributed by atoms with Gasteiger partial charge in [0.05, 0.1) is 12.2 Å². The number of aromatic nitrogens is 2. The molecule has 0 bridgehead atoms. The molecule has 4 aromatic rings. The summed E-state index contributed by atoms with van der Waals surface area (Å²) in [6.07, 6.45) is 2.01. The number of benzene rings is 3. The van der Waals surface area contributed by atoms with E-state index in [9.17, 15) is 9.18 Å². The summed E-state index contributed by atoms with van der Waals surface area (Å²) in [5.41, 5.74) is 3.19. The zero-order valence-corrected chi connectivity index (χ0v) is 17.8. The van der Waals surface area contributed by atoms with E-state index in [4.69, 9.17) is 11.6 Å². The predicted molar refractivity (Wildman–Crippen MR) is 122 cm³/mol. The van der Waals surface area contributed by atoms with E-state index in [0.29, 0.717) is 21.8 Å². The lowest BCUT2D eigenvalue weighted by Crippen LogP contribution is -2.24. The smallest absolute Gasteiger partial charge is 0.267 e. The normalized spacial score (nSPS) is 10.9.